The molecule has 0 saturated carbocycles. The summed E-state index contributed by atoms with van der Waals surface area (Å²) in [5, 5.41) is 10.3. The van der Waals surface area contributed by atoms with Crippen molar-refractivity contribution in [3.05, 3.63) is 83.3 Å². The number of H-pyrrole nitrogens is 1. The molecule has 5 aromatic carbocycles. The number of para-hydroxylation sites is 1. The Morgan fingerprint density at radius 1 is 0.538 bits per heavy atom. The first-order valence-corrected chi connectivity index (χ1v) is 9.54. The fourth-order valence-electron chi connectivity index (χ4n) is 4.35. The third-order valence-electron chi connectivity index (χ3n) is 5.44. The summed E-state index contributed by atoms with van der Waals surface area (Å²) in [4.78, 5) is 3.68. The quantitative estimate of drug-likeness (QED) is 0.255. The molecule has 1 N–H and O–H groups in total. The molecule has 0 aliphatic heterocycles. The summed E-state index contributed by atoms with van der Waals surface area (Å²) in [5.41, 5.74) is 2.41. The largest absolute Gasteiger partial charge is 0.354 e. The number of halogens is 1. The highest BCUT2D eigenvalue weighted by atomic mass is 79.9. The van der Waals surface area contributed by atoms with Crippen LogP contribution in [0, 0.1) is 0 Å². The maximum atomic E-state index is 3.80. The van der Waals surface area contributed by atoms with E-state index in [0.717, 1.165) is 4.47 Å². The topological polar surface area (TPSA) is 15.8 Å². The van der Waals surface area contributed by atoms with E-state index in [0.29, 0.717) is 0 Å². The van der Waals surface area contributed by atoms with E-state index in [-0.39, 0.29) is 0 Å². The third-order valence-corrected chi connectivity index (χ3v) is 6.09. The molecule has 0 fully saturated rings. The second-order valence-electron chi connectivity index (χ2n) is 6.79. The molecule has 1 nitrogen and oxygen atoms in total. The van der Waals surface area contributed by atoms with Gasteiger partial charge in [0, 0.05) is 31.5 Å². The number of aromatic amines is 1. The van der Waals surface area contributed by atoms with Gasteiger partial charge in [-0.25, -0.2) is 0 Å². The Labute approximate surface area is 158 Å². The number of fused-ring (bicyclic) bond motifs is 10. The van der Waals surface area contributed by atoms with Crippen molar-refractivity contribution in [2.75, 3.05) is 0 Å². The van der Waals surface area contributed by atoms with Crippen LogP contribution in [0.3, 0.4) is 0 Å². The van der Waals surface area contributed by atoms with Crippen LogP contribution in [0.2, 0.25) is 0 Å². The molecule has 2 heteroatoms. The van der Waals surface area contributed by atoms with Gasteiger partial charge in [0.05, 0.1) is 5.52 Å². The SMILES string of the molecule is Brc1cc2c3ccccc3c3[nH]c4ccccc4c3c2c2ccccc12. The van der Waals surface area contributed by atoms with Crippen LogP contribution in [0.5, 0.6) is 0 Å². The molecule has 0 radical (unpaired) electrons. The molecule has 0 amide bonds. The molecule has 0 spiro atoms. The number of hydrogen-bond donors (Lipinski definition) is 1. The molecule has 0 bridgehead atoms. The number of hydrogen-bond acceptors (Lipinski definition) is 0. The van der Waals surface area contributed by atoms with Crippen LogP contribution < -0.4 is 0 Å². The minimum Gasteiger partial charge on any atom is -0.354 e. The number of aromatic nitrogens is 1. The van der Waals surface area contributed by atoms with Crippen LogP contribution in [-0.2, 0) is 0 Å². The summed E-state index contributed by atoms with van der Waals surface area (Å²) in [7, 11) is 0. The van der Waals surface area contributed by atoms with Crippen molar-refractivity contribution in [3.8, 4) is 0 Å². The van der Waals surface area contributed by atoms with Crippen LogP contribution in [0.4, 0.5) is 0 Å². The monoisotopic (exact) mass is 395 g/mol. The van der Waals surface area contributed by atoms with Gasteiger partial charge < -0.3 is 4.98 Å². The van der Waals surface area contributed by atoms with Crippen molar-refractivity contribution in [1.29, 1.82) is 0 Å². The minimum absolute atomic E-state index is 1.14. The normalized spacial score (nSPS) is 12.0. The van der Waals surface area contributed by atoms with Gasteiger partial charge in [0.15, 0.2) is 0 Å². The van der Waals surface area contributed by atoms with Gasteiger partial charge in [0.1, 0.15) is 0 Å². The Bertz CT molecular complexity index is 1490. The first-order valence-electron chi connectivity index (χ1n) is 8.75. The van der Waals surface area contributed by atoms with Gasteiger partial charge in [0.25, 0.3) is 0 Å². The Balaban J connectivity index is 2.10. The van der Waals surface area contributed by atoms with E-state index in [2.05, 4.69) is 99.8 Å². The van der Waals surface area contributed by atoms with E-state index in [1.165, 1.54) is 54.1 Å². The molecular formula is C24H14BrN. The first kappa shape index (κ1) is 14.3. The van der Waals surface area contributed by atoms with E-state index in [1.807, 2.05) is 0 Å². The molecule has 26 heavy (non-hydrogen) atoms. The zero-order valence-electron chi connectivity index (χ0n) is 13.9. The van der Waals surface area contributed by atoms with Crippen LogP contribution >= 0.6 is 15.9 Å². The Kier molecular flexibility index (Phi) is 2.81. The molecule has 122 valence electrons. The fraction of sp³-hybridized carbons (Fsp3) is 0. The number of benzene rings is 5. The molecule has 0 unspecified atom stereocenters. The van der Waals surface area contributed by atoms with E-state index < -0.39 is 0 Å². The lowest BCUT2D eigenvalue weighted by atomic mass is 9.93. The second kappa shape index (κ2) is 5.09. The van der Waals surface area contributed by atoms with Gasteiger partial charge in [-0.1, -0.05) is 82.7 Å². The zero-order chi connectivity index (χ0) is 17.3. The van der Waals surface area contributed by atoms with Crippen molar-refractivity contribution in [3.63, 3.8) is 0 Å². The average Bonchev–Trinajstić information content (AvgIpc) is 3.08. The summed E-state index contributed by atoms with van der Waals surface area (Å²) in [6, 6.07) is 28.2. The lowest BCUT2D eigenvalue weighted by molar-refractivity contribution is 1.56. The molecule has 0 aliphatic carbocycles. The van der Waals surface area contributed by atoms with Crippen molar-refractivity contribution in [1.82, 2.24) is 4.98 Å². The molecule has 1 aromatic heterocycles. The van der Waals surface area contributed by atoms with Crippen LogP contribution in [0.15, 0.2) is 83.3 Å². The molecule has 6 aromatic rings. The highest BCUT2D eigenvalue weighted by Crippen LogP contribution is 2.43. The van der Waals surface area contributed by atoms with Gasteiger partial charge in [-0.15, -0.1) is 0 Å². The lowest BCUT2D eigenvalue weighted by Crippen LogP contribution is -1.85. The van der Waals surface area contributed by atoms with E-state index in [1.54, 1.807) is 0 Å². The van der Waals surface area contributed by atoms with Gasteiger partial charge >= 0.3 is 0 Å². The Hall–Kier alpha value is -2.84. The molecule has 0 aliphatic rings. The molecule has 1 heterocycles. The summed E-state index contributed by atoms with van der Waals surface area (Å²) in [6.07, 6.45) is 0. The van der Waals surface area contributed by atoms with Gasteiger partial charge in [0.2, 0.25) is 0 Å². The summed E-state index contributed by atoms with van der Waals surface area (Å²) in [6.45, 7) is 0. The standard InChI is InChI=1S/C24H14BrN/c25-20-13-19-14-7-1-4-10-17(14)24-23(18-11-5-6-12-21(18)26-24)22(19)16-9-3-2-8-15(16)20/h1-13,26H. The predicted molar refractivity (Wildman–Crippen MR) is 116 cm³/mol. The minimum atomic E-state index is 1.14. The van der Waals surface area contributed by atoms with Crippen LogP contribution in [0.1, 0.15) is 0 Å². The molecular weight excluding hydrogens is 382 g/mol. The van der Waals surface area contributed by atoms with E-state index in [9.17, 15) is 0 Å². The first-order chi connectivity index (χ1) is 12.8. The fourth-order valence-corrected chi connectivity index (χ4v) is 4.93. The van der Waals surface area contributed by atoms with Crippen molar-refractivity contribution in [2.45, 2.75) is 0 Å². The Morgan fingerprint density at radius 2 is 1.15 bits per heavy atom. The van der Waals surface area contributed by atoms with Gasteiger partial charge in [-0.3, -0.25) is 0 Å². The maximum absolute atomic E-state index is 3.80. The second-order valence-corrected chi connectivity index (χ2v) is 7.65. The highest BCUT2D eigenvalue weighted by Gasteiger charge is 2.16. The summed E-state index contributed by atoms with van der Waals surface area (Å²) >= 11 is 3.80. The van der Waals surface area contributed by atoms with Crippen molar-refractivity contribution < 1.29 is 0 Å². The van der Waals surface area contributed by atoms with Crippen LogP contribution in [-0.4, -0.2) is 4.98 Å². The van der Waals surface area contributed by atoms with E-state index in [4.69, 9.17) is 0 Å². The van der Waals surface area contributed by atoms with Crippen molar-refractivity contribution >= 4 is 70.1 Å². The number of nitrogens with one attached hydrogen (secondary N) is 1. The Morgan fingerprint density at radius 3 is 1.96 bits per heavy atom. The van der Waals surface area contributed by atoms with Gasteiger partial charge in [-0.2, -0.15) is 0 Å². The molecule has 0 atom stereocenters. The zero-order valence-corrected chi connectivity index (χ0v) is 15.5. The molecule has 6 rings (SSSR count). The third kappa shape index (κ3) is 1.75. The number of rotatable bonds is 0. The average molecular weight is 396 g/mol. The maximum Gasteiger partial charge on any atom is 0.0551 e. The summed E-state index contributed by atoms with van der Waals surface area (Å²) < 4.78 is 1.14. The predicted octanol–water partition coefficient (Wildman–Crippen LogP) is 7.54. The smallest absolute Gasteiger partial charge is 0.0551 e. The summed E-state index contributed by atoms with van der Waals surface area (Å²) in [5.74, 6) is 0. The van der Waals surface area contributed by atoms with E-state index >= 15 is 0 Å². The highest BCUT2D eigenvalue weighted by molar-refractivity contribution is 9.10. The lowest BCUT2D eigenvalue weighted by Gasteiger charge is -2.12. The van der Waals surface area contributed by atoms with Crippen molar-refractivity contribution in [2.24, 2.45) is 0 Å². The van der Waals surface area contributed by atoms with Gasteiger partial charge in [-0.05, 0) is 33.7 Å². The molecule has 0 saturated heterocycles. The van der Waals surface area contributed by atoms with Crippen LogP contribution in [0.25, 0.3) is 54.1 Å².